The largest absolute Gasteiger partial charge is 0.452 e. The second kappa shape index (κ2) is 8.88. The number of aryl methyl sites for hydroxylation is 1. The van der Waals surface area contributed by atoms with Crippen LogP contribution in [0.4, 0.5) is 4.79 Å². The zero-order valence-corrected chi connectivity index (χ0v) is 14.5. The van der Waals surface area contributed by atoms with E-state index < -0.39 is 24.5 Å². The summed E-state index contributed by atoms with van der Waals surface area (Å²) in [6.45, 7) is 1.25. The van der Waals surface area contributed by atoms with Gasteiger partial charge >= 0.3 is 12.0 Å². The van der Waals surface area contributed by atoms with Gasteiger partial charge in [0.2, 0.25) is 0 Å². The number of hydrogen-bond acceptors (Lipinski definition) is 7. The van der Waals surface area contributed by atoms with Crippen molar-refractivity contribution in [3.8, 4) is 0 Å². The van der Waals surface area contributed by atoms with Crippen LogP contribution in [0.15, 0.2) is 39.8 Å². The monoisotopic (exact) mass is 363 g/mol. The molecule has 1 aromatic carbocycles. The molecule has 8 nitrogen and oxygen atoms in total. The summed E-state index contributed by atoms with van der Waals surface area (Å²) in [6, 6.07) is 8.03. The Hall–Kier alpha value is -2.81. The molecule has 0 spiro atoms. The van der Waals surface area contributed by atoms with Crippen molar-refractivity contribution in [2.75, 3.05) is 13.7 Å². The van der Waals surface area contributed by atoms with Crippen LogP contribution >= 0.6 is 11.8 Å². The number of thioether (sulfide) groups is 1. The lowest BCUT2D eigenvalue weighted by atomic mass is 10.2. The van der Waals surface area contributed by atoms with E-state index in [0.29, 0.717) is 22.0 Å². The summed E-state index contributed by atoms with van der Waals surface area (Å²) in [5.74, 6) is -0.119. The number of benzene rings is 1. The van der Waals surface area contributed by atoms with Gasteiger partial charge in [-0.1, -0.05) is 17.3 Å². The number of esters is 1. The summed E-state index contributed by atoms with van der Waals surface area (Å²) < 4.78 is 9.96. The van der Waals surface area contributed by atoms with Crippen LogP contribution in [0.5, 0.6) is 0 Å². The third kappa shape index (κ3) is 5.64. The number of nitrogens with zero attached hydrogens (tertiary/aromatic N) is 1. The van der Waals surface area contributed by atoms with Gasteiger partial charge in [-0.25, -0.2) is 9.59 Å². The van der Waals surface area contributed by atoms with Gasteiger partial charge in [-0.2, -0.15) is 0 Å². The van der Waals surface area contributed by atoms with Crippen LogP contribution in [0.2, 0.25) is 0 Å². The van der Waals surface area contributed by atoms with Crippen molar-refractivity contribution < 1.29 is 23.6 Å². The lowest BCUT2D eigenvalue weighted by Gasteiger charge is -2.09. The summed E-state index contributed by atoms with van der Waals surface area (Å²) in [7, 11) is 1.37. The molecule has 0 aliphatic rings. The minimum absolute atomic E-state index is 0.334. The SMILES string of the molecule is CNC(=O)NC(=O)COC(=O)c1ccccc1SCc1cc(C)on1. The number of amides is 3. The van der Waals surface area contributed by atoms with E-state index in [2.05, 4.69) is 10.5 Å². The summed E-state index contributed by atoms with van der Waals surface area (Å²) in [5, 5.41) is 8.14. The Kier molecular flexibility index (Phi) is 6.58. The van der Waals surface area contributed by atoms with Gasteiger partial charge in [-0.15, -0.1) is 11.8 Å². The van der Waals surface area contributed by atoms with E-state index in [1.54, 1.807) is 31.2 Å². The maximum Gasteiger partial charge on any atom is 0.339 e. The molecule has 0 aliphatic heterocycles. The first kappa shape index (κ1) is 18.5. The number of carbonyl (C=O) groups is 3. The van der Waals surface area contributed by atoms with E-state index in [0.717, 1.165) is 5.69 Å². The summed E-state index contributed by atoms with van der Waals surface area (Å²) >= 11 is 1.40. The molecular formula is C16H17N3O5S. The van der Waals surface area contributed by atoms with Gasteiger partial charge in [0.25, 0.3) is 5.91 Å². The summed E-state index contributed by atoms with van der Waals surface area (Å²) in [4.78, 5) is 35.4. The van der Waals surface area contributed by atoms with Crippen molar-refractivity contribution in [1.82, 2.24) is 15.8 Å². The fourth-order valence-corrected chi connectivity index (χ4v) is 2.75. The number of aromatic nitrogens is 1. The lowest BCUT2D eigenvalue weighted by molar-refractivity contribution is -0.123. The number of hydrogen-bond donors (Lipinski definition) is 2. The number of rotatable bonds is 6. The quantitative estimate of drug-likeness (QED) is 0.595. The molecule has 1 aromatic heterocycles. The van der Waals surface area contributed by atoms with Gasteiger partial charge in [0.15, 0.2) is 6.61 Å². The first-order valence-electron chi connectivity index (χ1n) is 7.32. The zero-order valence-electron chi connectivity index (χ0n) is 13.7. The molecule has 0 unspecified atom stereocenters. The number of ether oxygens (including phenoxy) is 1. The average Bonchev–Trinajstić information content (AvgIpc) is 3.03. The molecule has 0 saturated carbocycles. The molecule has 2 aromatic rings. The van der Waals surface area contributed by atoms with Gasteiger partial charge in [0.05, 0.1) is 11.3 Å². The summed E-state index contributed by atoms with van der Waals surface area (Å²) in [5.41, 5.74) is 1.09. The van der Waals surface area contributed by atoms with E-state index in [4.69, 9.17) is 9.26 Å². The molecule has 0 fully saturated rings. The zero-order chi connectivity index (χ0) is 18.2. The molecule has 0 saturated heterocycles. The normalized spacial score (nSPS) is 10.2. The maximum atomic E-state index is 12.2. The highest BCUT2D eigenvalue weighted by Gasteiger charge is 2.16. The van der Waals surface area contributed by atoms with E-state index >= 15 is 0 Å². The Morgan fingerprint density at radius 1 is 1.28 bits per heavy atom. The van der Waals surface area contributed by atoms with E-state index in [-0.39, 0.29) is 0 Å². The molecule has 0 bridgehead atoms. The van der Waals surface area contributed by atoms with Gasteiger partial charge in [-0.05, 0) is 19.1 Å². The number of urea groups is 1. The molecule has 0 atom stereocenters. The Labute approximate surface area is 148 Å². The van der Waals surface area contributed by atoms with E-state index in [1.165, 1.54) is 18.8 Å². The van der Waals surface area contributed by atoms with Crippen LogP contribution in [0, 0.1) is 6.92 Å². The first-order valence-corrected chi connectivity index (χ1v) is 8.31. The Morgan fingerprint density at radius 2 is 2.04 bits per heavy atom. The first-order chi connectivity index (χ1) is 12.0. The van der Waals surface area contributed by atoms with Gasteiger partial charge in [-0.3, -0.25) is 10.1 Å². The topological polar surface area (TPSA) is 111 Å². The molecule has 132 valence electrons. The van der Waals surface area contributed by atoms with Gasteiger partial charge in [0.1, 0.15) is 5.76 Å². The number of carbonyl (C=O) groups excluding carboxylic acids is 3. The summed E-state index contributed by atoms with van der Waals surface area (Å²) in [6.07, 6.45) is 0. The maximum absolute atomic E-state index is 12.2. The van der Waals surface area contributed by atoms with E-state index in [1.807, 2.05) is 11.4 Å². The van der Waals surface area contributed by atoms with Crippen LogP contribution in [0.3, 0.4) is 0 Å². The van der Waals surface area contributed by atoms with Crippen molar-refractivity contribution >= 4 is 29.7 Å². The molecule has 0 radical (unpaired) electrons. The van der Waals surface area contributed by atoms with Crippen molar-refractivity contribution in [3.05, 3.63) is 47.3 Å². The molecule has 2 N–H and O–H groups in total. The fourth-order valence-electron chi connectivity index (χ4n) is 1.83. The van der Waals surface area contributed by atoms with Crippen LogP contribution < -0.4 is 10.6 Å². The highest BCUT2D eigenvalue weighted by molar-refractivity contribution is 7.98. The highest BCUT2D eigenvalue weighted by Crippen LogP contribution is 2.26. The van der Waals surface area contributed by atoms with Crippen LogP contribution in [0.25, 0.3) is 0 Å². The average molecular weight is 363 g/mol. The minimum Gasteiger partial charge on any atom is -0.452 e. The predicted molar refractivity (Wildman–Crippen MR) is 90.1 cm³/mol. The standard InChI is InChI=1S/C16H17N3O5S/c1-10-7-11(19-24-10)9-25-13-6-4-3-5-12(13)15(21)23-8-14(20)18-16(22)17-2/h3-7H,8-9H2,1-2H3,(H2,17,18,20,22). The lowest BCUT2D eigenvalue weighted by Crippen LogP contribution is -2.39. The molecule has 0 aliphatic carbocycles. The Morgan fingerprint density at radius 3 is 2.72 bits per heavy atom. The highest BCUT2D eigenvalue weighted by atomic mass is 32.2. The smallest absolute Gasteiger partial charge is 0.339 e. The van der Waals surface area contributed by atoms with Crippen LogP contribution in [-0.4, -0.2) is 36.7 Å². The minimum atomic E-state index is -0.712. The van der Waals surface area contributed by atoms with Crippen molar-refractivity contribution in [1.29, 1.82) is 0 Å². The third-order valence-electron chi connectivity index (χ3n) is 2.97. The second-order valence-electron chi connectivity index (χ2n) is 4.92. The predicted octanol–water partition coefficient (Wildman–Crippen LogP) is 1.89. The Balaban J connectivity index is 1.95. The molecule has 2 rings (SSSR count). The molecule has 9 heteroatoms. The van der Waals surface area contributed by atoms with Crippen molar-refractivity contribution in [3.63, 3.8) is 0 Å². The van der Waals surface area contributed by atoms with Gasteiger partial charge in [0, 0.05) is 23.8 Å². The van der Waals surface area contributed by atoms with Crippen molar-refractivity contribution in [2.45, 2.75) is 17.6 Å². The third-order valence-corrected chi connectivity index (χ3v) is 4.08. The fraction of sp³-hybridized carbons (Fsp3) is 0.250. The molecule has 1 heterocycles. The van der Waals surface area contributed by atoms with E-state index in [9.17, 15) is 14.4 Å². The molecular weight excluding hydrogens is 346 g/mol. The van der Waals surface area contributed by atoms with Crippen molar-refractivity contribution in [2.24, 2.45) is 0 Å². The van der Waals surface area contributed by atoms with Crippen LogP contribution in [0.1, 0.15) is 21.8 Å². The molecule has 25 heavy (non-hydrogen) atoms. The van der Waals surface area contributed by atoms with Gasteiger partial charge < -0.3 is 14.6 Å². The number of imide groups is 1. The van der Waals surface area contributed by atoms with Crippen LogP contribution in [-0.2, 0) is 15.3 Å². The molecule has 3 amide bonds. The second-order valence-corrected chi connectivity index (χ2v) is 5.93. The Bertz CT molecular complexity index is 775. The number of nitrogens with one attached hydrogen (secondary N) is 2.